The van der Waals surface area contributed by atoms with Crippen molar-refractivity contribution >= 4 is 17.4 Å². The quantitative estimate of drug-likeness (QED) is 0.652. The van der Waals surface area contributed by atoms with Crippen molar-refractivity contribution in [2.45, 2.75) is 20.3 Å². The molecular weight excluding hydrogens is 352 g/mol. The summed E-state index contributed by atoms with van der Waals surface area (Å²) >= 11 is 0. The fourth-order valence-corrected chi connectivity index (χ4v) is 2.94. The van der Waals surface area contributed by atoms with Gasteiger partial charge in [-0.25, -0.2) is 9.97 Å². The zero-order valence-corrected chi connectivity index (χ0v) is 16.3. The molecule has 0 aliphatic carbocycles. The Morgan fingerprint density at radius 1 is 1.04 bits per heavy atom. The maximum absolute atomic E-state index is 12.4. The van der Waals surface area contributed by atoms with Gasteiger partial charge in [0.2, 0.25) is 0 Å². The predicted octanol–water partition coefficient (Wildman–Crippen LogP) is 4.01. The molecule has 1 amide bonds. The second-order valence-electron chi connectivity index (χ2n) is 6.65. The van der Waals surface area contributed by atoms with E-state index < -0.39 is 0 Å². The molecule has 6 nitrogen and oxygen atoms in total. The number of benzene rings is 2. The highest BCUT2D eigenvalue weighted by atomic mass is 16.5. The lowest BCUT2D eigenvalue weighted by Gasteiger charge is -2.09. The second kappa shape index (κ2) is 8.99. The lowest BCUT2D eigenvalue weighted by molar-refractivity contribution is 0.102. The van der Waals surface area contributed by atoms with Crippen LogP contribution in [0.4, 0.5) is 11.5 Å². The molecule has 0 fully saturated rings. The predicted molar refractivity (Wildman–Crippen MR) is 111 cm³/mol. The van der Waals surface area contributed by atoms with Crippen molar-refractivity contribution in [3.8, 4) is 5.75 Å². The summed E-state index contributed by atoms with van der Waals surface area (Å²) in [4.78, 5) is 20.9. The molecule has 144 valence electrons. The van der Waals surface area contributed by atoms with Crippen molar-refractivity contribution in [3.05, 3.63) is 77.2 Å². The first-order valence-corrected chi connectivity index (χ1v) is 9.12. The normalized spacial score (nSPS) is 10.4. The van der Waals surface area contributed by atoms with Crippen molar-refractivity contribution in [2.24, 2.45) is 0 Å². The second-order valence-corrected chi connectivity index (χ2v) is 6.65. The SMILES string of the molecule is COc1cccc(CCNc2cnc(C(=O)Nc3cc(C)cc(C)c3)cn2)c1. The van der Waals surface area contributed by atoms with E-state index in [1.165, 1.54) is 11.8 Å². The first-order valence-electron chi connectivity index (χ1n) is 9.12. The van der Waals surface area contributed by atoms with Gasteiger partial charge in [0, 0.05) is 12.2 Å². The monoisotopic (exact) mass is 376 g/mol. The maximum atomic E-state index is 12.4. The van der Waals surface area contributed by atoms with E-state index >= 15 is 0 Å². The molecule has 28 heavy (non-hydrogen) atoms. The Labute approximate surface area is 165 Å². The van der Waals surface area contributed by atoms with E-state index in [0.29, 0.717) is 12.4 Å². The summed E-state index contributed by atoms with van der Waals surface area (Å²) in [5.74, 6) is 1.20. The minimum absolute atomic E-state index is 0.275. The molecule has 6 heteroatoms. The number of amides is 1. The molecule has 1 heterocycles. The van der Waals surface area contributed by atoms with Crippen LogP contribution >= 0.6 is 0 Å². The van der Waals surface area contributed by atoms with Crippen LogP contribution < -0.4 is 15.4 Å². The van der Waals surface area contributed by atoms with Gasteiger partial charge < -0.3 is 15.4 Å². The van der Waals surface area contributed by atoms with Gasteiger partial charge in [0.15, 0.2) is 0 Å². The van der Waals surface area contributed by atoms with E-state index in [1.807, 2.05) is 44.2 Å². The Kier molecular flexibility index (Phi) is 6.22. The van der Waals surface area contributed by atoms with E-state index in [2.05, 4.69) is 32.7 Å². The number of ether oxygens (including phenoxy) is 1. The van der Waals surface area contributed by atoms with Gasteiger partial charge in [-0.2, -0.15) is 0 Å². The molecule has 0 atom stereocenters. The highest BCUT2D eigenvalue weighted by Gasteiger charge is 2.09. The average Bonchev–Trinajstić information content (AvgIpc) is 2.68. The zero-order chi connectivity index (χ0) is 19.9. The third kappa shape index (κ3) is 5.30. The highest BCUT2D eigenvalue weighted by Crippen LogP contribution is 2.15. The standard InChI is InChI=1S/C22H24N4O2/c1-15-9-16(2)11-18(10-15)26-22(27)20-13-25-21(14-24-20)23-8-7-17-5-4-6-19(12-17)28-3/h4-6,9-14H,7-8H2,1-3H3,(H,23,25)(H,26,27). The van der Waals surface area contributed by atoms with Crippen LogP contribution in [0.3, 0.4) is 0 Å². The van der Waals surface area contributed by atoms with Gasteiger partial charge in [-0.05, 0) is 61.2 Å². The van der Waals surface area contributed by atoms with Gasteiger partial charge in [0.1, 0.15) is 17.3 Å². The van der Waals surface area contributed by atoms with Gasteiger partial charge in [0.25, 0.3) is 5.91 Å². The summed E-state index contributed by atoms with van der Waals surface area (Å²) in [5.41, 5.74) is 4.39. The number of carbonyl (C=O) groups excluding carboxylic acids is 1. The molecule has 3 rings (SSSR count). The Morgan fingerprint density at radius 3 is 2.50 bits per heavy atom. The first kappa shape index (κ1) is 19.4. The van der Waals surface area contributed by atoms with Crippen LogP contribution in [-0.4, -0.2) is 29.5 Å². The summed E-state index contributed by atoms with van der Waals surface area (Å²) in [6.07, 6.45) is 3.88. The van der Waals surface area contributed by atoms with Crippen LogP contribution in [0.15, 0.2) is 54.9 Å². The number of anilines is 2. The number of carbonyl (C=O) groups is 1. The molecule has 0 bridgehead atoms. The molecule has 3 aromatic rings. The smallest absolute Gasteiger partial charge is 0.275 e. The minimum atomic E-state index is -0.277. The molecule has 0 aliphatic rings. The Bertz CT molecular complexity index is 935. The number of rotatable bonds is 7. The lowest BCUT2D eigenvalue weighted by Crippen LogP contribution is -2.15. The largest absolute Gasteiger partial charge is 0.497 e. The molecule has 2 aromatic carbocycles. The fraction of sp³-hybridized carbons (Fsp3) is 0.227. The van der Waals surface area contributed by atoms with Crippen molar-refractivity contribution < 1.29 is 9.53 Å². The summed E-state index contributed by atoms with van der Waals surface area (Å²) in [6.45, 7) is 4.69. The first-order chi connectivity index (χ1) is 13.5. The van der Waals surface area contributed by atoms with E-state index in [9.17, 15) is 4.79 Å². The lowest BCUT2D eigenvalue weighted by atomic mass is 10.1. The van der Waals surface area contributed by atoms with Gasteiger partial charge in [-0.3, -0.25) is 4.79 Å². The molecule has 0 spiro atoms. The van der Waals surface area contributed by atoms with Crippen molar-refractivity contribution in [3.63, 3.8) is 0 Å². The topological polar surface area (TPSA) is 76.1 Å². The van der Waals surface area contributed by atoms with Crippen LogP contribution in [0.5, 0.6) is 5.75 Å². The van der Waals surface area contributed by atoms with Gasteiger partial charge in [-0.1, -0.05) is 18.2 Å². The summed E-state index contributed by atoms with van der Waals surface area (Å²) in [6, 6.07) is 13.9. The Balaban J connectivity index is 1.54. The van der Waals surface area contributed by atoms with Crippen LogP contribution in [0.25, 0.3) is 0 Å². The van der Waals surface area contributed by atoms with Crippen LogP contribution in [-0.2, 0) is 6.42 Å². The molecule has 0 saturated carbocycles. The minimum Gasteiger partial charge on any atom is -0.497 e. The summed E-state index contributed by atoms with van der Waals surface area (Å²) in [5, 5.41) is 6.08. The Morgan fingerprint density at radius 2 is 1.82 bits per heavy atom. The summed E-state index contributed by atoms with van der Waals surface area (Å²) in [7, 11) is 1.66. The number of hydrogen-bond acceptors (Lipinski definition) is 5. The number of methoxy groups -OCH3 is 1. The van der Waals surface area contributed by atoms with Gasteiger partial charge in [-0.15, -0.1) is 0 Å². The van der Waals surface area contributed by atoms with E-state index in [4.69, 9.17) is 4.74 Å². The molecule has 0 unspecified atom stereocenters. The third-order valence-electron chi connectivity index (χ3n) is 4.22. The number of aryl methyl sites for hydroxylation is 2. The number of nitrogens with one attached hydrogen (secondary N) is 2. The van der Waals surface area contributed by atoms with Gasteiger partial charge >= 0.3 is 0 Å². The average molecular weight is 376 g/mol. The number of hydrogen-bond donors (Lipinski definition) is 2. The van der Waals surface area contributed by atoms with Crippen molar-refractivity contribution in [1.29, 1.82) is 0 Å². The Hall–Kier alpha value is -3.41. The fourth-order valence-electron chi connectivity index (χ4n) is 2.94. The van der Waals surface area contributed by atoms with Crippen molar-refractivity contribution in [2.75, 3.05) is 24.3 Å². The zero-order valence-electron chi connectivity index (χ0n) is 16.3. The maximum Gasteiger partial charge on any atom is 0.275 e. The van der Waals surface area contributed by atoms with E-state index in [1.54, 1.807) is 13.3 Å². The number of nitrogens with zero attached hydrogens (tertiary/aromatic N) is 2. The number of aromatic nitrogens is 2. The third-order valence-corrected chi connectivity index (χ3v) is 4.22. The van der Waals surface area contributed by atoms with Gasteiger partial charge in [0.05, 0.1) is 19.5 Å². The molecule has 0 aliphatic heterocycles. The van der Waals surface area contributed by atoms with Crippen LogP contribution in [0.1, 0.15) is 27.2 Å². The molecular formula is C22H24N4O2. The highest BCUT2D eigenvalue weighted by molar-refractivity contribution is 6.02. The molecule has 1 aromatic heterocycles. The van der Waals surface area contributed by atoms with Crippen LogP contribution in [0.2, 0.25) is 0 Å². The molecule has 0 saturated heterocycles. The van der Waals surface area contributed by atoms with E-state index in [0.717, 1.165) is 29.0 Å². The molecule has 0 radical (unpaired) electrons. The van der Waals surface area contributed by atoms with E-state index in [-0.39, 0.29) is 11.6 Å². The van der Waals surface area contributed by atoms with Crippen molar-refractivity contribution in [1.82, 2.24) is 9.97 Å². The summed E-state index contributed by atoms with van der Waals surface area (Å²) < 4.78 is 5.23. The van der Waals surface area contributed by atoms with Crippen LogP contribution in [0, 0.1) is 13.8 Å². The molecule has 2 N–H and O–H groups in total.